The van der Waals surface area contributed by atoms with Crippen LogP contribution in [-0.2, 0) is 55.9 Å². The quantitative estimate of drug-likeness (QED) is 0.184. The minimum Gasteiger partial charge on any atom is -0.486 e. The van der Waals surface area contributed by atoms with Crippen LogP contribution in [0.25, 0.3) is 0 Å². The van der Waals surface area contributed by atoms with Gasteiger partial charge in [0, 0.05) is 51.4 Å². The van der Waals surface area contributed by atoms with Gasteiger partial charge in [-0.3, -0.25) is 23.9 Å². The monoisotopic (exact) mass is 684 g/mol. The van der Waals surface area contributed by atoms with Crippen molar-refractivity contribution in [1.82, 2.24) is 9.78 Å². The first kappa shape index (κ1) is 36.8. The molecule has 1 unspecified atom stereocenters. The zero-order chi connectivity index (χ0) is 35.8. The maximum Gasteiger partial charge on any atom is 0.303 e. The number of rotatable bonds is 13. The number of nitrogens with zero attached hydrogens (tertiary/aromatic N) is 2. The second-order valence-electron chi connectivity index (χ2n) is 11.8. The molecule has 49 heavy (non-hydrogen) atoms. The molecular weight excluding hydrogens is 643 g/mol. The van der Waals surface area contributed by atoms with Gasteiger partial charge in [0.15, 0.2) is 23.8 Å². The van der Waals surface area contributed by atoms with Gasteiger partial charge in [-0.2, -0.15) is 0 Å². The molecule has 2 heterocycles. The van der Waals surface area contributed by atoms with E-state index in [1.807, 2.05) is 51.1 Å². The molecule has 14 heteroatoms. The SMILES string of the molecule is CC(=O)OC[C@H]1OC(Oc2nn(C(C)C)c(C)c2Cc2ccc(OCc3ccccc3)c(F)c2)[C@H](OC(C)=O)[C@@H](OC(C)=O)[C@@H]1OC(C)=O. The zero-order valence-corrected chi connectivity index (χ0v) is 28.5. The van der Waals surface area contributed by atoms with E-state index >= 15 is 4.39 Å². The summed E-state index contributed by atoms with van der Waals surface area (Å²) in [4.78, 5) is 48.3. The lowest BCUT2D eigenvalue weighted by Crippen LogP contribution is -2.63. The highest BCUT2D eigenvalue weighted by Gasteiger charge is 2.53. The first-order valence-corrected chi connectivity index (χ1v) is 15.7. The number of hydrogen-bond donors (Lipinski definition) is 0. The molecule has 5 atom stereocenters. The van der Waals surface area contributed by atoms with Crippen molar-refractivity contribution >= 4 is 23.9 Å². The normalized spacial score (nSPS) is 20.3. The van der Waals surface area contributed by atoms with Crippen LogP contribution in [-0.4, -0.2) is 71.0 Å². The van der Waals surface area contributed by atoms with E-state index in [2.05, 4.69) is 5.10 Å². The highest BCUT2D eigenvalue weighted by Crippen LogP contribution is 2.34. The van der Waals surface area contributed by atoms with Crippen molar-refractivity contribution in [1.29, 1.82) is 0 Å². The number of aromatic nitrogens is 2. The van der Waals surface area contributed by atoms with Gasteiger partial charge in [0.25, 0.3) is 0 Å². The van der Waals surface area contributed by atoms with Crippen LogP contribution in [0.5, 0.6) is 11.6 Å². The predicted octanol–water partition coefficient (Wildman–Crippen LogP) is 4.54. The summed E-state index contributed by atoms with van der Waals surface area (Å²) in [7, 11) is 0. The Morgan fingerprint density at radius 2 is 1.49 bits per heavy atom. The Balaban J connectivity index is 1.69. The number of benzene rings is 2. The van der Waals surface area contributed by atoms with E-state index in [-0.39, 0.29) is 30.7 Å². The highest BCUT2D eigenvalue weighted by atomic mass is 19.1. The molecule has 3 aromatic rings. The van der Waals surface area contributed by atoms with Crippen LogP contribution in [0, 0.1) is 12.7 Å². The average Bonchev–Trinajstić information content (AvgIpc) is 3.32. The molecule has 1 saturated heterocycles. The maximum absolute atomic E-state index is 15.2. The molecule has 0 saturated carbocycles. The minimum atomic E-state index is -1.49. The van der Waals surface area contributed by atoms with Crippen molar-refractivity contribution in [3.8, 4) is 11.6 Å². The van der Waals surface area contributed by atoms with Crippen LogP contribution < -0.4 is 9.47 Å². The smallest absolute Gasteiger partial charge is 0.303 e. The topological polar surface area (TPSA) is 151 Å². The minimum absolute atomic E-state index is 0.0666. The number of carbonyl (C=O) groups excluding carboxylic acids is 4. The summed E-state index contributed by atoms with van der Waals surface area (Å²) in [5, 5.41) is 4.65. The highest BCUT2D eigenvalue weighted by molar-refractivity contribution is 5.68. The molecule has 1 aliphatic rings. The average molecular weight is 685 g/mol. The molecule has 1 aromatic heterocycles. The second-order valence-corrected chi connectivity index (χ2v) is 11.8. The summed E-state index contributed by atoms with van der Waals surface area (Å²) >= 11 is 0. The van der Waals surface area contributed by atoms with Gasteiger partial charge in [0.05, 0.1) is 0 Å². The van der Waals surface area contributed by atoms with Gasteiger partial charge in [-0.1, -0.05) is 36.4 Å². The summed E-state index contributed by atoms with van der Waals surface area (Å²) in [5.74, 6) is -3.33. The molecule has 2 aromatic carbocycles. The van der Waals surface area contributed by atoms with Gasteiger partial charge < -0.3 is 33.2 Å². The van der Waals surface area contributed by atoms with E-state index in [4.69, 9.17) is 33.2 Å². The number of halogens is 1. The Morgan fingerprint density at radius 1 is 0.857 bits per heavy atom. The van der Waals surface area contributed by atoms with Crippen LogP contribution >= 0.6 is 0 Å². The molecule has 1 aliphatic heterocycles. The standard InChI is InChI=1S/C35H41FN2O11/c1-19(2)38-20(3)27(15-26-13-14-29(28(36)16-26)44-17-25-11-9-8-10-12-25)34(37-38)49-35-33(47-24(7)42)32(46-23(6)41)31(45-22(5)40)30(48-35)18-43-21(4)39/h8-14,16,19,30-33,35H,15,17-18H2,1-7H3/t30-,31-,32+,33-,35?/m1/s1. The third-order valence-electron chi connectivity index (χ3n) is 7.52. The van der Waals surface area contributed by atoms with Crippen molar-refractivity contribution in [2.45, 2.75) is 98.2 Å². The molecule has 1 fully saturated rings. The van der Waals surface area contributed by atoms with Gasteiger partial charge in [0.2, 0.25) is 18.3 Å². The van der Waals surface area contributed by atoms with Crippen molar-refractivity contribution in [3.05, 3.63) is 76.7 Å². The zero-order valence-electron chi connectivity index (χ0n) is 28.5. The van der Waals surface area contributed by atoms with Gasteiger partial charge in [0.1, 0.15) is 19.3 Å². The van der Waals surface area contributed by atoms with Gasteiger partial charge in [-0.05, 0) is 44.0 Å². The maximum atomic E-state index is 15.2. The third-order valence-corrected chi connectivity index (χ3v) is 7.52. The fourth-order valence-electron chi connectivity index (χ4n) is 5.43. The molecule has 0 spiro atoms. The summed E-state index contributed by atoms with van der Waals surface area (Å²) < 4.78 is 56.7. The fraction of sp³-hybridized carbons (Fsp3) is 0.457. The lowest BCUT2D eigenvalue weighted by molar-refractivity contribution is -0.289. The van der Waals surface area contributed by atoms with E-state index in [0.29, 0.717) is 16.8 Å². The number of esters is 4. The lowest BCUT2D eigenvalue weighted by Gasteiger charge is -2.43. The van der Waals surface area contributed by atoms with Crippen LogP contribution in [0.1, 0.15) is 70.0 Å². The van der Waals surface area contributed by atoms with Gasteiger partial charge in [-0.15, -0.1) is 5.10 Å². The van der Waals surface area contributed by atoms with E-state index in [1.54, 1.807) is 16.8 Å². The first-order valence-electron chi connectivity index (χ1n) is 15.7. The summed E-state index contributed by atoms with van der Waals surface area (Å²) in [6.07, 6.45) is -6.73. The largest absolute Gasteiger partial charge is 0.486 e. The van der Waals surface area contributed by atoms with E-state index in [9.17, 15) is 19.2 Å². The summed E-state index contributed by atoms with van der Waals surface area (Å²) in [6, 6.07) is 13.9. The predicted molar refractivity (Wildman–Crippen MR) is 170 cm³/mol. The van der Waals surface area contributed by atoms with Crippen molar-refractivity contribution in [2.24, 2.45) is 0 Å². The number of hydrogen-bond acceptors (Lipinski definition) is 12. The molecule has 0 aliphatic carbocycles. The third kappa shape index (κ3) is 9.78. The lowest BCUT2D eigenvalue weighted by atomic mass is 9.98. The van der Waals surface area contributed by atoms with Gasteiger partial charge >= 0.3 is 23.9 Å². The van der Waals surface area contributed by atoms with Crippen LogP contribution in [0.4, 0.5) is 4.39 Å². The van der Waals surface area contributed by atoms with Crippen molar-refractivity contribution in [3.63, 3.8) is 0 Å². The molecule has 0 amide bonds. The molecule has 0 radical (unpaired) electrons. The molecule has 0 N–H and O–H groups in total. The van der Waals surface area contributed by atoms with Crippen LogP contribution in [0.3, 0.4) is 0 Å². The molecule has 13 nitrogen and oxygen atoms in total. The Morgan fingerprint density at radius 3 is 2.08 bits per heavy atom. The summed E-state index contributed by atoms with van der Waals surface area (Å²) in [5.41, 5.74) is 2.76. The van der Waals surface area contributed by atoms with E-state index in [0.717, 1.165) is 26.3 Å². The summed E-state index contributed by atoms with van der Waals surface area (Å²) in [6.45, 7) is 10.0. The van der Waals surface area contributed by atoms with Gasteiger partial charge in [-0.25, -0.2) is 4.39 Å². The van der Waals surface area contributed by atoms with Crippen molar-refractivity contribution < 1.29 is 56.7 Å². The second kappa shape index (κ2) is 16.4. The molecule has 264 valence electrons. The Labute approximate surface area is 283 Å². The van der Waals surface area contributed by atoms with Crippen LogP contribution in [0.2, 0.25) is 0 Å². The Hall–Kier alpha value is -4.98. The Bertz CT molecular complexity index is 1640. The van der Waals surface area contributed by atoms with E-state index < -0.39 is 67.0 Å². The Kier molecular flexibility index (Phi) is 12.3. The molecule has 4 rings (SSSR count). The van der Waals surface area contributed by atoms with Crippen molar-refractivity contribution in [2.75, 3.05) is 6.61 Å². The first-order chi connectivity index (χ1) is 23.2. The molecular formula is C35H41FN2O11. The number of carbonyl (C=O) groups is 4. The van der Waals surface area contributed by atoms with Crippen LogP contribution in [0.15, 0.2) is 48.5 Å². The fourth-order valence-corrected chi connectivity index (χ4v) is 5.43. The van der Waals surface area contributed by atoms with E-state index in [1.165, 1.54) is 13.0 Å². The molecule has 0 bridgehead atoms. The number of ether oxygens (including phenoxy) is 7.